The Hall–Kier alpha value is -2.89. The van der Waals surface area contributed by atoms with E-state index in [4.69, 9.17) is 21.1 Å². The van der Waals surface area contributed by atoms with Crippen LogP contribution in [0.1, 0.15) is 45.0 Å². The van der Waals surface area contributed by atoms with Gasteiger partial charge in [-0.25, -0.2) is 9.18 Å². The van der Waals surface area contributed by atoms with Gasteiger partial charge in [-0.2, -0.15) is 28.1 Å². The number of rotatable bonds is 6. The van der Waals surface area contributed by atoms with Gasteiger partial charge in [0.25, 0.3) is 0 Å². The maximum atomic E-state index is 13.5. The first-order valence-corrected chi connectivity index (χ1v) is 11.3. The van der Waals surface area contributed by atoms with E-state index in [2.05, 4.69) is 20.3 Å². The van der Waals surface area contributed by atoms with Crippen molar-refractivity contribution in [2.24, 2.45) is 0 Å². The van der Waals surface area contributed by atoms with Crippen molar-refractivity contribution in [1.82, 2.24) is 19.9 Å². The lowest BCUT2D eigenvalue weighted by Crippen LogP contribution is -2.44. The SMILES string of the molecule is CC(C)(C)OC(=O)N1CCC(Nc2nc(Cc3ccc(F)c(Cl)c3)nc(OCC(F)(F)F)n2)CC1. The molecule has 0 atom stereocenters. The highest BCUT2D eigenvalue weighted by molar-refractivity contribution is 6.30. The molecule has 1 saturated heterocycles. The molecule has 8 nitrogen and oxygen atoms in total. The van der Waals surface area contributed by atoms with Crippen molar-refractivity contribution in [2.75, 3.05) is 25.0 Å². The number of carbonyl (C=O) groups is 1. The molecule has 2 aromatic rings. The van der Waals surface area contributed by atoms with Crippen LogP contribution in [0.15, 0.2) is 18.2 Å². The Morgan fingerprint density at radius 1 is 1.17 bits per heavy atom. The molecule has 1 aliphatic rings. The molecule has 192 valence electrons. The van der Waals surface area contributed by atoms with Gasteiger partial charge >= 0.3 is 18.3 Å². The Bertz CT molecular complexity index is 1040. The second kappa shape index (κ2) is 10.8. The number of benzene rings is 1. The Morgan fingerprint density at radius 3 is 2.46 bits per heavy atom. The number of hydrogen-bond acceptors (Lipinski definition) is 7. The van der Waals surface area contributed by atoms with Gasteiger partial charge in [0.15, 0.2) is 6.61 Å². The molecule has 35 heavy (non-hydrogen) atoms. The zero-order chi connectivity index (χ0) is 25.8. The molecular formula is C22H26ClF4N5O3. The van der Waals surface area contributed by atoms with E-state index in [0.717, 1.165) is 0 Å². The van der Waals surface area contributed by atoms with Crippen molar-refractivity contribution in [1.29, 1.82) is 0 Å². The van der Waals surface area contributed by atoms with Gasteiger partial charge in [0.05, 0.1) is 5.02 Å². The summed E-state index contributed by atoms with van der Waals surface area (Å²) in [6.45, 7) is 4.65. The van der Waals surface area contributed by atoms with E-state index in [1.54, 1.807) is 25.7 Å². The third-order valence-corrected chi connectivity index (χ3v) is 5.14. The fourth-order valence-electron chi connectivity index (χ4n) is 3.30. The van der Waals surface area contributed by atoms with E-state index in [1.807, 2.05) is 0 Å². The zero-order valence-corrected chi connectivity index (χ0v) is 20.2. The van der Waals surface area contributed by atoms with Crippen LogP contribution < -0.4 is 10.1 Å². The molecule has 3 rings (SSSR count). The topological polar surface area (TPSA) is 89.5 Å². The fraction of sp³-hybridized carbons (Fsp3) is 0.545. The van der Waals surface area contributed by atoms with E-state index in [-0.39, 0.29) is 29.3 Å². The highest BCUT2D eigenvalue weighted by Gasteiger charge is 2.30. The standard InChI is InChI=1S/C22H26ClF4N5O3/c1-21(2,3)35-20(33)32-8-6-14(7-9-32)28-18-29-17(11-13-4-5-16(24)15(23)10-13)30-19(31-18)34-12-22(25,26)27/h4-5,10,14H,6-9,11-12H2,1-3H3,(H,28,29,30,31). The number of alkyl halides is 3. The molecule has 13 heteroatoms. The third kappa shape index (κ3) is 8.68. The van der Waals surface area contributed by atoms with Gasteiger partial charge in [0, 0.05) is 25.6 Å². The summed E-state index contributed by atoms with van der Waals surface area (Å²) >= 11 is 5.81. The molecule has 1 N–H and O–H groups in total. The summed E-state index contributed by atoms with van der Waals surface area (Å²) in [5.74, 6) is -0.440. The molecule has 0 bridgehead atoms. The summed E-state index contributed by atoms with van der Waals surface area (Å²) in [4.78, 5) is 26.0. The molecule has 1 fully saturated rings. The van der Waals surface area contributed by atoms with Crippen LogP contribution in [0.3, 0.4) is 0 Å². The van der Waals surface area contributed by atoms with Gasteiger partial charge in [-0.05, 0) is 51.3 Å². The van der Waals surface area contributed by atoms with Gasteiger partial charge in [-0.1, -0.05) is 17.7 Å². The maximum absolute atomic E-state index is 13.5. The van der Waals surface area contributed by atoms with E-state index >= 15 is 0 Å². The first-order chi connectivity index (χ1) is 16.3. The van der Waals surface area contributed by atoms with Gasteiger partial charge in [0.2, 0.25) is 5.95 Å². The summed E-state index contributed by atoms with van der Waals surface area (Å²) in [5.41, 5.74) is -0.0457. The van der Waals surface area contributed by atoms with Gasteiger partial charge in [-0.15, -0.1) is 0 Å². The lowest BCUT2D eigenvalue weighted by Gasteiger charge is -2.33. The Morgan fingerprint density at radius 2 is 1.86 bits per heavy atom. The van der Waals surface area contributed by atoms with Crippen molar-refractivity contribution in [2.45, 2.75) is 57.9 Å². The summed E-state index contributed by atoms with van der Waals surface area (Å²) in [7, 11) is 0. The van der Waals surface area contributed by atoms with Gasteiger partial charge in [-0.3, -0.25) is 0 Å². The molecule has 2 heterocycles. The Labute approximate surface area is 205 Å². The number of hydrogen-bond donors (Lipinski definition) is 1. The smallest absolute Gasteiger partial charge is 0.422 e. The molecule has 1 aromatic carbocycles. The molecule has 1 aliphatic heterocycles. The minimum atomic E-state index is -4.57. The van der Waals surface area contributed by atoms with Crippen LogP contribution in [-0.4, -0.2) is 63.5 Å². The third-order valence-electron chi connectivity index (χ3n) is 4.85. The van der Waals surface area contributed by atoms with Crippen LogP contribution in [-0.2, 0) is 11.2 Å². The van der Waals surface area contributed by atoms with Gasteiger partial charge in [0.1, 0.15) is 17.2 Å². The van der Waals surface area contributed by atoms with Crippen molar-refractivity contribution >= 4 is 23.6 Å². The first-order valence-electron chi connectivity index (χ1n) is 10.9. The van der Waals surface area contributed by atoms with Crippen LogP contribution >= 0.6 is 11.6 Å². The summed E-state index contributed by atoms with van der Waals surface area (Å²) in [5, 5.41) is 2.99. The number of ether oxygens (including phenoxy) is 2. The highest BCUT2D eigenvalue weighted by Crippen LogP contribution is 2.22. The molecular weight excluding hydrogens is 494 g/mol. The molecule has 1 amide bonds. The fourth-order valence-corrected chi connectivity index (χ4v) is 3.50. The van der Waals surface area contributed by atoms with Crippen LogP contribution in [0.25, 0.3) is 0 Å². The van der Waals surface area contributed by atoms with Crippen LogP contribution in [0.4, 0.5) is 28.3 Å². The summed E-state index contributed by atoms with van der Waals surface area (Å²) < 4.78 is 61.5. The van der Waals surface area contributed by atoms with E-state index in [1.165, 1.54) is 18.2 Å². The zero-order valence-electron chi connectivity index (χ0n) is 19.5. The molecule has 0 unspecified atom stereocenters. The van der Waals surface area contributed by atoms with Crippen LogP contribution in [0.2, 0.25) is 5.02 Å². The number of halogens is 5. The molecule has 0 saturated carbocycles. The quantitative estimate of drug-likeness (QED) is 0.537. The predicted octanol–water partition coefficient (Wildman–Crippen LogP) is 5.01. The Kier molecular flexibility index (Phi) is 8.24. The first kappa shape index (κ1) is 26.7. The van der Waals surface area contributed by atoms with E-state index in [9.17, 15) is 22.4 Å². The number of piperidine rings is 1. The number of nitrogens with zero attached hydrogens (tertiary/aromatic N) is 4. The van der Waals surface area contributed by atoms with Crippen molar-refractivity contribution < 1.29 is 31.8 Å². The lowest BCUT2D eigenvalue weighted by atomic mass is 10.1. The number of aromatic nitrogens is 3. The lowest BCUT2D eigenvalue weighted by molar-refractivity contribution is -0.154. The number of likely N-dealkylation sites (tertiary alicyclic amines) is 1. The van der Waals surface area contributed by atoms with Crippen molar-refractivity contribution in [3.8, 4) is 6.01 Å². The van der Waals surface area contributed by atoms with E-state index in [0.29, 0.717) is 31.5 Å². The van der Waals surface area contributed by atoms with Crippen LogP contribution in [0, 0.1) is 5.82 Å². The monoisotopic (exact) mass is 519 g/mol. The summed E-state index contributed by atoms with van der Waals surface area (Å²) in [6, 6.07) is 3.41. The second-order valence-electron chi connectivity index (χ2n) is 9.07. The molecule has 0 aliphatic carbocycles. The second-order valence-corrected chi connectivity index (χ2v) is 9.48. The van der Waals surface area contributed by atoms with E-state index < -0.39 is 36.3 Å². The van der Waals surface area contributed by atoms with Crippen LogP contribution in [0.5, 0.6) is 6.01 Å². The average Bonchev–Trinajstić information content (AvgIpc) is 2.74. The molecule has 0 spiro atoms. The normalized spacial score (nSPS) is 15.1. The number of nitrogens with one attached hydrogen (secondary N) is 1. The van der Waals surface area contributed by atoms with Crippen molar-refractivity contribution in [3.63, 3.8) is 0 Å². The summed E-state index contributed by atoms with van der Waals surface area (Å²) in [6.07, 6.45) is -3.81. The minimum absolute atomic E-state index is 0.0381. The minimum Gasteiger partial charge on any atom is -0.454 e. The molecule has 1 aromatic heterocycles. The maximum Gasteiger partial charge on any atom is 0.422 e. The van der Waals surface area contributed by atoms with Gasteiger partial charge < -0.3 is 19.7 Å². The number of anilines is 1. The van der Waals surface area contributed by atoms with Crippen molar-refractivity contribution in [3.05, 3.63) is 40.4 Å². The number of carbonyl (C=O) groups excluding carboxylic acids is 1. The predicted molar refractivity (Wildman–Crippen MR) is 120 cm³/mol. The average molecular weight is 520 g/mol. The number of amides is 1. The Balaban J connectivity index is 1.71. The largest absolute Gasteiger partial charge is 0.454 e. The highest BCUT2D eigenvalue weighted by atomic mass is 35.5. The molecule has 0 radical (unpaired) electrons.